The molecule has 2 aromatic rings. The van der Waals surface area contributed by atoms with Crippen LogP contribution in [0.1, 0.15) is 24.2 Å². The zero-order valence-electron chi connectivity index (χ0n) is 11.7. The Morgan fingerprint density at radius 2 is 1.84 bits per heavy atom. The Hall–Kier alpha value is -1.49. The number of nitrogens with zero attached hydrogens (tertiary/aromatic N) is 3. The molecule has 4 nitrogen and oxygen atoms in total. The predicted octanol–water partition coefficient (Wildman–Crippen LogP) is 3.21. The fourth-order valence-corrected chi connectivity index (χ4v) is 2.29. The van der Waals surface area contributed by atoms with E-state index in [2.05, 4.69) is 57.1 Å². The van der Waals surface area contributed by atoms with Crippen LogP contribution in [0.5, 0.6) is 0 Å². The second kappa shape index (κ2) is 5.25. The molecule has 0 saturated carbocycles. The van der Waals surface area contributed by atoms with Gasteiger partial charge >= 0.3 is 0 Å². The predicted molar refractivity (Wildman–Crippen MR) is 83.7 cm³/mol. The Labute approximate surface area is 122 Å². The first-order valence-electron chi connectivity index (χ1n) is 6.19. The maximum absolute atomic E-state index is 6.07. The van der Waals surface area contributed by atoms with Crippen molar-refractivity contribution in [1.82, 2.24) is 9.78 Å². The molecule has 0 fully saturated rings. The zero-order chi connectivity index (χ0) is 14.2. The summed E-state index contributed by atoms with van der Waals surface area (Å²) >= 11 is 3.46. The van der Waals surface area contributed by atoms with E-state index >= 15 is 0 Å². The first-order chi connectivity index (χ1) is 8.91. The summed E-state index contributed by atoms with van der Waals surface area (Å²) in [6, 6.07) is 8.55. The van der Waals surface area contributed by atoms with Gasteiger partial charge in [0.1, 0.15) is 5.82 Å². The standard InChI is InChI=1S/C14H19BrN4/c1-9-13(15)14(16)19(17-9)10(2)11-5-7-12(8-6-11)18(3)4/h5-8,10H,16H2,1-4H3. The Morgan fingerprint density at radius 3 is 2.26 bits per heavy atom. The van der Waals surface area contributed by atoms with Crippen molar-refractivity contribution >= 4 is 27.4 Å². The molecule has 0 aliphatic rings. The lowest BCUT2D eigenvalue weighted by molar-refractivity contribution is 0.569. The zero-order valence-corrected chi connectivity index (χ0v) is 13.3. The number of hydrogen-bond donors (Lipinski definition) is 1. The molecule has 0 spiro atoms. The van der Waals surface area contributed by atoms with Gasteiger partial charge in [-0.25, -0.2) is 4.68 Å². The number of anilines is 2. The van der Waals surface area contributed by atoms with E-state index in [1.165, 1.54) is 11.3 Å². The van der Waals surface area contributed by atoms with Crippen molar-refractivity contribution in [3.63, 3.8) is 0 Å². The van der Waals surface area contributed by atoms with Crippen LogP contribution >= 0.6 is 15.9 Å². The molecule has 1 aromatic heterocycles. The highest BCUT2D eigenvalue weighted by atomic mass is 79.9. The molecule has 0 aliphatic heterocycles. The molecule has 2 rings (SSSR count). The van der Waals surface area contributed by atoms with Gasteiger partial charge in [0.15, 0.2) is 0 Å². The minimum absolute atomic E-state index is 0.112. The van der Waals surface area contributed by atoms with Crippen LogP contribution in [0.2, 0.25) is 0 Å². The Kier molecular flexibility index (Phi) is 3.85. The van der Waals surface area contributed by atoms with E-state index in [0.29, 0.717) is 5.82 Å². The van der Waals surface area contributed by atoms with Crippen LogP contribution in [-0.2, 0) is 0 Å². The molecule has 1 heterocycles. The number of aromatic nitrogens is 2. The summed E-state index contributed by atoms with van der Waals surface area (Å²) < 4.78 is 2.73. The van der Waals surface area contributed by atoms with Crippen molar-refractivity contribution in [3.05, 3.63) is 40.0 Å². The topological polar surface area (TPSA) is 47.1 Å². The van der Waals surface area contributed by atoms with Gasteiger partial charge in [-0.3, -0.25) is 0 Å². The van der Waals surface area contributed by atoms with Gasteiger partial charge < -0.3 is 10.6 Å². The summed E-state index contributed by atoms with van der Waals surface area (Å²) in [6.45, 7) is 4.04. The average Bonchev–Trinajstić information content (AvgIpc) is 2.66. The molecule has 0 radical (unpaired) electrons. The van der Waals surface area contributed by atoms with Crippen LogP contribution < -0.4 is 10.6 Å². The van der Waals surface area contributed by atoms with E-state index in [9.17, 15) is 0 Å². The average molecular weight is 323 g/mol. The first kappa shape index (κ1) is 13.9. The van der Waals surface area contributed by atoms with Crippen molar-refractivity contribution in [3.8, 4) is 0 Å². The van der Waals surface area contributed by atoms with Crippen LogP contribution in [-0.4, -0.2) is 23.9 Å². The van der Waals surface area contributed by atoms with E-state index in [-0.39, 0.29) is 6.04 Å². The first-order valence-corrected chi connectivity index (χ1v) is 6.98. The summed E-state index contributed by atoms with van der Waals surface area (Å²) in [7, 11) is 4.06. The molecule has 19 heavy (non-hydrogen) atoms. The van der Waals surface area contributed by atoms with Crippen LogP contribution in [0.25, 0.3) is 0 Å². The van der Waals surface area contributed by atoms with Gasteiger partial charge in [0.2, 0.25) is 0 Å². The second-order valence-corrected chi connectivity index (χ2v) is 5.68. The summed E-state index contributed by atoms with van der Waals surface area (Å²) in [5.41, 5.74) is 9.35. The number of hydrogen-bond acceptors (Lipinski definition) is 3. The molecule has 5 heteroatoms. The normalized spacial score (nSPS) is 12.5. The van der Waals surface area contributed by atoms with Crippen LogP contribution in [0.15, 0.2) is 28.7 Å². The summed E-state index contributed by atoms with van der Waals surface area (Å²) in [5, 5.41) is 4.48. The highest BCUT2D eigenvalue weighted by Gasteiger charge is 2.16. The van der Waals surface area contributed by atoms with Crippen molar-refractivity contribution in [2.75, 3.05) is 24.7 Å². The Balaban J connectivity index is 2.33. The van der Waals surface area contributed by atoms with Crippen molar-refractivity contribution in [2.45, 2.75) is 19.9 Å². The fourth-order valence-electron chi connectivity index (χ4n) is 2.03. The van der Waals surface area contributed by atoms with Gasteiger partial charge in [0.25, 0.3) is 0 Å². The van der Waals surface area contributed by atoms with E-state index in [4.69, 9.17) is 5.73 Å². The number of benzene rings is 1. The van der Waals surface area contributed by atoms with Gasteiger partial charge in [0, 0.05) is 19.8 Å². The maximum Gasteiger partial charge on any atom is 0.137 e. The highest BCUT2D eigenvalue weighted by molar-refractivity contribution is 9.10. The number of aryl methyl sites for hydroxylation is 1. The van der Waals surface area contributed by atoms with Gasteiger partial charge in [-0.1, -0.05) is 12.1 Å². The van der Waals surface area contributed by atoms with Gasteiger partial charge in [0.05, 0.1) is 16.2 Å². The lowest BCUT2D eigenvalue weighted by atomic mass is 10.1. The van der Waals surface area contributed by atoms with Crippen molar-refractivity contribution in [1.29, 1.82) is 0 Å². The van der Waals surface area contributed by atoms with Crippen molar-refractivity contribution in [2.24, 2.45) is 0 Å². The molecule has 0 bridgehead atoms. The van der Waals surface area contributed by atoms with Crippen LogP contribution in [0, 0.1) is 6.92 Å². The molecule has 1 aromatic carbocycles. The molecular formula is C14H19BrN4. The molecule has 2 N–H and O–H groups in total. The third kappa shape index (κ3) is 2.61. The third-order valence-electron chi connectivity index (χ3n) is 3.31. The summed E-state index contributed by atoms with van der Waals surface area (Å²) in [5.74, 6) is 0.668. The maximum atomic E-state index is 6.07. The van der Waals surface area contributed by atoms with Gasteiger partial charge in [-0.2, -0.15) is 5.10 Å². The monoisotopic (exact) mass is 322 g/mol. The number of rotatable bonds is 3. The SMILES string of the molecule is Cc1nn(C(C)c2ccc(N(C)C)cc2)c(N)c1Br. The quantitative estimate of drug-likeness (QED) is 0.943. The number of nitrogen functional groups attached to an aromatic ring is 1. The second-order valence-electron chi connectivity index (χ2n) is 4.89. The minimum Gasteiger partial charge on any atom is -0.383 e. The Morgan fingerprint density at radius 1 is 1.26 bits per heavy atom. The summed E-state index contributed by atoms with van der Waals surface area (Å²) in [6.07, 6.45) is 0. The fraction of sp³-hybridized carbons (Fsp3) is 0.357. The third-order valence-corrected chi connectivity index (χ3v) is 4.29. The van der Waals surface area contributed by atoms with Gasteiger partial charge in [-0.15, -0.1) is 0 Å². The smallest absolute Gasteiger partial charge is 0.137 e. The largest absolute Gasteiger partial charge is 0.383 e. The molecule has 1 unspecified atom stereocenters. The summed E-state index contributed by atoms with van der Waals surface area (Å²) in [4.78, 5) is 2.08. The molecule has 0 saturated heterocycles. The number of nitrogens with two attached hydrogens (primary N) is 1. The van der Waals surface area contributed by atoms with Crippen LogP contribution in [0.3, 0.4) is 0 Å². The molecule has 102 valence electrons. The van der Waals surface area contributed by atoms with Crippen molar-refractivity contribution < 1.29 is 0 Å². The lowest BCUT2D eigenvalue weighted by Gasteiger charge is -2.17. The molecule has 1 atom stereocenters. The van der Waals surface area contributed by atoms with E-state index in [0.717, 1.165) is 10.2 Å². The Bertz CT molecular complexity index is 572. The van der Waals surface area contributed by atoms with E-state index in [1.54, 1.807) is 0 Å². The minimum atomic E-state index is 0.112. The highest BCUT2D eigenvalue weighted by Crippen LogP contribution is 2.29. The molecule has 0 amide bonds. The van der Waals surface area contributed by atoms with E-state index in [1.807, 2.05) is 25.7 Å². The molecular weight excluding hydrogens is 304 g/mol. The van der Waals surface area contributed by atoms with Gasteiger partial charge in [-0.05, 0) is 47.5 Å². The van der Waals surface area contributed by atoms with E-state index < -0.39 is 0 Å². The number of halogens is 1. The molecule has 0 aliphatic carbocycles. The lowest BCUT2D eigenvalue weighted by Crippen LogP contribution is -2.12. The van der Waals surface area contributed by atoms with Crippen LogP contribution in [0.4, 0.5) is 11.5 Å².